The van der Waals surface area contributed by atoms with Crippen molar-refractivity contribution in [2.45, 2.75) is 37.9 Å². The van der Waals surface area contributed by atoms with Crippen LogP contribution in [0.5, 0.6) is 0 Å². The number of carbonyl (C=O) groups is 1. The van der Waals surface area contributed by atoms with E-state index in [1.807, 2.05) is 0 Å². The van der Waals surface area contributed by atoms with Crippen molar-refractivity contribution >= 4 is 5.97 Å². The average molecular weight is 267 g/mol. The molecule has 1 N–H and O–H groups in total. The fraction of sp³-hybridized carbons (Fsp3) is 0.500. The second-order valence-electron chi connectivity index (χ2n) is 5.43. The van der Waals surface area contributed by atoms with Gasteiger partial charge in [0.15, 0.2) is 0 Å². The molecule has 3 unspecified atom stereocenters. The fourth-order valence-electron chi connectivity index (χ4n) is 3.53. The molecular formula is C14H15F2NO2. The first-order valence-corrected chi connectivity index (χ1v) is 6.48. The van der Waals surface area contributed by atoms with Gasteiger partial charge in [0.1, 0.15) is 11.6 Å². The Labute approximate surface area is 109 Å². The monoisotopic (exact) mass is 267 g/mol. The Kier molecular flexibility index (Phi) is 3.01. The Morgan fingerprint density at radius 1 is 1.26 bits per heavy atom. The van der Waals surface area contributed by atoms with Gasteiger partial charge in [-0.15, -0.1) is 0 Å². The van der Waals surface area contributed by atoms with Gasteiger partial charge in [-0.2, -0.15) is 0 Å². The second-order valence-corrected chi connectivity index (χ2v) is 5.43. The summed E-state index contributed by atoms with van der Waals surface area (Å²) in [5.74, 6) is -2.27. The maximum atomic E-state index is 13.2. The van der Waals surface area contributed by atoms with Crippen molar-refractivity contribution in [3.8, 4) is 0 Å². The topological polar surface area (TPSA) is 40.5 Å². The molecule has 0 spiro atoms. The Balaban J connectivity index is 1.79. The van der Waals surface area contributed by atoms with Crippen LogP contribution >= 0.6 is 0 Å². The molecule has 2 saturated heterocycles. The summed E-state index contributed by atoms with van der Waals surface area (Å²) < 4.78 is 26.3. The lowest BCUT2D eigenvalue weighted by atomic mass is 9.89. The van der Waals surface area contributed by atoms with Crippen LogP contribution in [0.15, 0.2) is 18.2 Å². The van der Waals surface area contributed by atoms with Gasteiger partial charge in [0.05, 0.1) is 5.92 Å². The number of fused-ring (bicyclic) bond motifs is 2. The van der Waals surface area contributed by atoms with E-state index >= 15 is 0 Å². The molecule has 0 amide bonds. The summed E-state index contributed by atoms with van der Waals surface area (Å²) in [7, 11) is 0. The number of nitrogens with zero attached hydrogens (tertiary/aromatic N) is 1. The van der Waals surface area contributed by atoms with Gasteiger partial charge >= 0.3 is 5.97 Å². The normalized spacial score (nSPS) is 29.9. The lowest BCUT2D eigenvalue weighted by Gasteiger charge is -2.22. The van der Waals surface area contributed by atoms with Gasteiger partial charge in [0, 0.05) is 24.7 Å². The number of aliphatic carboxylic acids is 1. The molecule has 0 aliphatic carbocycles. The van der Waals surface area contributed by atoms with Crippen molar-refractivity contribution in [3.63, 3.8) is 0 Å². The average Bonchev–Trinajstić information content (AvgIpc) is 2.85. The summed E-state index contributed by atoms with van der Waals surface area (Å²) in [5, 5.41) is 9.16. The minimum Gasteiger partial charge on any atom is -0.481 e. The quantitative estimate of drug-likeness (QED) is 0.914. The predicted octanol–water partition coefficient (Wildman–Crippen LogP) is 2.40. The highest BCUT2D eigenvalue weighted by Gasteiger charge is 2.48. The van der Waals surface area contributed by atoms with Crippen LogP contribution in [0, 0.1) is 17.6 Å². The number of hydrogen-bond acceptors (Lipinski definition) is 2. The minimum absolute atomic E-state index is 0.00817. The summed E-state index contributed by atoms with van der Waals surface area (Å²) in [6.07, 6.45) is 2.49. The molecule has 2 heterocycles. The molecule has 2 bridgehead atoms. The lowest BCUT2D eigenvalue weighted by Crippen LogP contribution is -2.32. The number of hydrogen-bond donors (Lipinski definition) is 1. The molecule has 3 atom stereocenters. The van der Waals surface area contributed by atoms with Crippen molar-refractivity contribution < 1.29 is 18.7 Å². The molecule has 2 aliphatic heterocycles. The third-order valence-electron chi connectivity index (χ3n) is 4.29. The molecule has 1 aromatic carbocycles. The van der Waals surface area contributed by atoms with Crippen LogP contribution in [0.1, 0.15) is 24.8 Å². The van der Waals surface area contributed by atoms with Crippen LogP contribution in [-0.4, -0.2) is 28.1 Å². The molecule has 2 aliphatic rings. The molecule has 0 radical (unpaired) electrons. The maximum Gasteiger partial charge on any atom is 0.308 e. The Bertz CT molecular complexity index is 500. The Morgan fingerprint density at radius 2 is 1.95 bits per heavy atom. The standard InChI is InChI=1S/C14H15F2NO2/c15-9-3-8(4-10(16)5-9)7-17-11-1-2-13(17)12(6-11)14(18)19/h3-5,11-13H,1-2,6-7H2,(H,18,19). The molecule has 1 aromatic rings. The van der Waals surface area contributed by atoms with Crippen molar-refractivity contribution in [2.24, 2.45) is 5.92 Å². The van der Waals surface area contributed by atoms with Gasteiger partial charge in [-0.25, -0.2) is 8.78 Å². The van der Waals surface area contributed by atoms with Crippen LogP contribution < -0.4 is 0 Å². The molecule has 5 heteroatoms. The minimum atomic E-state index is -0.761. The van der Waals surface area contributed by atoms with Crippen molar-refractivity contribution in [1.29, 1.82) is 0 Å². The SMILES string of the molecule is O=C(O)C1CC2CCC1N2Cc1cc(F)cc(F)c1. The van der Waals surface area contributed by atoms with Crippen molar-refractivity contribution in [1.82, 2.24) is 4.90 Å². The number of halogens is 2. The number of carboxylic acid groups (broad SMARTS) is 1. The van der Waals surface area contributed by atoms with Gasteiger partial charge < -0.3 is 5.11 Å². The first kappa shape index (κ1) is 12.5. The molecule has 3 nitrogen and oxygen atoms in total. The summed E-state index contributed by atoms with van der Waals surface area (Å²) in [6.45, 7) is 0.424. The zero-order valence-corrected chi connectivity index (χ0v) is 10.4. The summed E-state index contributed by atoms with van der Waals surface area (Å²) in [6, 6.07) is 3.72. The van der Waals surface area contributed by atoms with Crippen LogP contribution in [0.2, 0.25) is 0 Å². The molecular weight excluding hydrogens is 252 g/mol. The highest BCUT2D eigenvalue weighted by molar-refractivity contribution is 5.71. The molecule has 0 aromatic heterocycles. The van der Waals surface area contributed by atoms with Gasteiger partial charge in [-0.05, 0) is 37.0 Å². The molecule has 2 fully saturated rings. The molecule has 3 rings (SSSR count). The fourth-order valence-corrected chi connectivity index (χ4v) is 3.53. The van der Waals surface area contributed by atoms with E-state index in [2.05, 4.69) is 4.90 Å². The third-order valence-corrected chi connectivity index (χ3v) is 4.29. The van der Waals surface area contributed by atoms with E-state index in [0.717, 1.165) is 18.9 Å². The van der Waals surface area contributed by atoms with Crippen molar-refractivity contribution in [2.75, 3.05) is 0 Å². The molecule has 0 saturated carbocycles. The first-order chi connectivity index (χ1) is 9.04. The van der Waals surface area contributed by atoms with Crippen LogP contribution in [0.25, 0.3) is 0 Å². The first-order valence-electron chi connectivity index (χ1n) is 6.48. The van der Waals surface area contributed by atoms with E-state index in [9.17, 15) is 13.6 Å². The zero-order chi connectivity index (χ0) is 13.6. The van der Waals surface area contributed by atoms with Crippen LogP contribution in [0.4, 0.5) is 8.78 Å². The largest absolute Gasteiger partial charge is 0.481 e. The summed E-state index contributed by atoms with van der Waals surface area (Å²) in [5.41, 5.74) is 0.570. The lowest BCUT2D eigenvalue weighted by molar-refractivity contribution is -0.142. The van der Waals surface area contributed by atoms with Crippen LogP contribution in [0.3, 0.4) is 0 Å². The van der Waals surface area contributed by atoms with E-state index in [1.165, 1.54) is 12.1 Å². The Hall–Kier alpha value is -1.49. The molecule has 102 valence electrons. The maximum absolute atomic E-state index is 13.2. The Morgan fingerprint density at radius 3 is 2.53 bits per heavy atom. The van der Waals surface area contributed by atoms with Crippen molar-refractivity contribution in [3.05, 3.63) is 35.4 Å². The highest BCUT2D eigenvalue weighted by atomic mass is 19.1. The number of benzene rings is 1. The van der Waals surface area contributed by atoms with E-state index in [-0.39, 0.29) is 18.0 Å². The molecule has 19 heavy (non-hydrogen) atoms. The predicted molar refractivity (Wildman–Crippen MR) is 64.5 cm³/mol. The number of rotatable bonds is 3. The zero-order valence-electron chi connectivity index (χ0n) is 10.4. The summed E-state index contributed by atoms with van der Waals surface area (Å²) in [4.78, 5) is 13.2. The van der Waals surface area contributed by atoms with Gasteiger partial charge in [0.25, 0.3) is 0 Å². The third kappa shape index (κ3) is 2.23. The second kappa shape index (κ2) is 4.56. The highest BCUT2D eigenvalue weighted by Crippen LogP contribution is 2.42. The van der Waals surface area contributed by atoms with E-state index in [4.69, 9.17) is 5.11 Å². The van der Waals surface area contributed by atoms with E-state index in [1.54, 1.807) is 0 Å². The van der Waals surface area contributed by atoms with Gasteiger partial charge in [-0.1, -0.05) is 0 Å². The van der Waals surface area contributed by atoms with Crippen LogP contribution in [-0.2, 0) is 11.3 Å². The van der Waals surface area contributed by atoms with Gasteiger partial charge in [-0.3, -0.25) is 9.69 Å². The smallest absolute Gasteiger partial charge is 0.308 e. The van der Waals surface area contributed by atoms with E-state index < -0.39 is 17.6 Å². The van der Waals surface area contributed by atoms with Gasteiger partial charge in [0.2, 0.25) is 0 Å². The summed E-state index contributed by atoms with van der Waals surface area (Å²) >= 11 is 0. The van der Waals surface area contributed by atoms with E-state index in [0.29, 0.717) is 18.5 Å². The number of carboxylic acids is 1.